The summed E-state index contributed by atoms with van der Waals surface area (Å²) < 4.78 is 15.3. The van der Waals surface area contributed by atoms with Crippen LogP contribution < -0.4 is 16.1 Å². The van der Waals surface area contributed by atoms with Crippen molar-refractivity contribution >= 4 is 23.2 Å². The number of rotatable bonds is 5. The van der Waals surface area contributed by atoms with Crippen molar-refractivity contribution in [2.45, 2.75) is 37.6 Å². The first-order valence-corrected chi connectivity index (χ1v) is 12.6. The second kappa shape index (κ2) is 9.55. The molecule has 10 heteroatoms. The first-order valence-electron chi connectivity index (χ1n) is 12.6. The van der Waals surface area contributed by atoms with Gasteiger partial charge in [-0.1, -0.05) is 48.5 Å². The number of hydrogen-bond donors (Lipinski definition) is 4. The quantitative estimate of drug-likeness (QED) is 0.298. The minimum absolute atomic E-state index is 0.303. The van der Waals surface area contributed by atoms with E-state index in [2.05, 4.69) is 21.0 Å². The van der Waals surface area contributed by atoms with E-state index in [1.54, 1.807) is 23.9 Å². The summed E-state index contributed by atoms with van der Waals surface area (Å²) in [5.74, 6) is 0.121. The third-order valence-corrected chi connectivity index (χ3v) is 7.10. The number of para-hydroxylation sites is 1. The molecule has 0 radical (unpaired) electrons. The number of anilines is 3. The third-order valence-electron chi connectivity index (χ3n) is 7.10. The Kier molecular flexibility index (Phi) is 6.05. The number of amides is 1. The molecular weight excluding hydrogens is 485 g/mol. The Balaban J connectivity index is 1.39. The van der Waals surface area contributed by atoms with Crippen LogP contribution in [0.1, 0.15) is 35.2 Å². The van der Waals surface area contributed by atoms with Crippen LogP contribution in [-0.2, 0) is 6.54 Å². The molecule has 1 aliphatic heterocycles. The van der Waals surface area contributed by atoms with Crippen molar-refractivity contribution in [3.8, 4) is 11.3 Å². The zero-order valence-corrected chi connectivity index (χ0v) is 20.9. The monoisotopic (exact) mass is 513 g/mol. The van der Waals surface area contributed by atoms with Gasteiger partial charge in [0.05, 0.1) is 18.3 Å². The summed E-state index contributed by atoms with van der Waals surface area (Å²) in [5.41, 5.74) is 5.26. The van der Waals surface area contributed by atoms with Crippen molar-refractivity contribution in [2.24, 2.45) is 0 Å². The number of carbonyl (C=O) groups excluding carboxylic acids is 1. The highest BCUT2D eigenvalue weighted by Crippen LogP contribution is 2.37. The number of aliphatic hydroxyl groups is 1. The van der Waals surface area contributed by atoms with Gasteiger partial charge in [0, 0.05) is 18.3 Å². The molecule has 2 atom stereocenters. The van der Waals surface area contributed by atoms with E-state index in [0.29, 0.717) is 35.9 Å². The minimum atomic E-state index is -1.24. The van der Waals surface area contributed by atoms with Gasteiger partial charge < -0.3 is 15.7 Å². The molecular formula is C28H28FN7O2. The number of nitrogens with zero attached hydrogens (tertiary/aromatic N) is 4. The summed E-state index contributed by atoms with van der Waals surface area (Å²) in [7, 11) is 1.62. The summed E-state index contributed by atoms with van der Waals surface area (Å²) >= 11 is 0. The molecule has 1 aliphatic carbocycles. The molecule has 2 aromatic heterocycles. The SMILES string of the molecule is CN1N[C@]2(O)CCC[C@@H]2Nc2nn(Cc3ccc(-c4cccc(F)n4)cc3)c(Nc3ccccc3)c2C1=O. The lowest BCUT2D eigenvalue weighted by atomic mass is 10.1. The fourth-order valence-electron chi connectivity index (χ4n) is 5.18. The molecule has 0 bridgehead atoms. The molecule has 0 saturated heterocycles. The van der Waals surface area contributed by atoms with Gasteiger partial charge in [-0.3, -0.25) is 9.80 Å². The van der Waals surface area contributed by atoms with E-state index < -0.39 is 11.7 Å². The molecule has 4 N–H and O–H groups in total. The second-order valence-corrected chi connectivity index (χ2v) is 9.75. The van der Waals surface area contributed by atoms with E-state index >= 15 is 0 Å². The van der Waals surface area contributed by atoms with Crippen molar-refractivity contribution in [3.05, 3.63) is 89.9 Å². The number of benzene rings is 2. The molecule has 0 unspecified atom stereocenters. The summed E-state index contributed by atoms with van der Waals surface area (Å²) in [6.07, 6.45) is 2.09. The zero-order chi connectivity index (χ0) is 26.3. The average molecular weight is 514 g/mol. The number of fused-ring (bicyclic) bond motifs is 2. The fourth-order valence-corrected chi connectivity index (χ4v) is 5.18. The Morgan fingerprint density at radius 1 is 1.11 bits per heavy atom. The average Bonchev–Trinajstić information content (AvgIpc) is 3.43. The third kappa shape index (κ3) is 4.48. The van der Waals surface area contributed by atoms with Gasteiger partial charge in [-0.15, -0.1) is 0 Å². The van der Waals surface area contributed by atoms with E-state index in [1.165, 1.54) is 11.1 Å². The van der Waals surface area contributed by atoms with E-state index in [1.807, 2.05) is 54.6 Å². The van der Waals surface area contributed by atoms with Gasteiger partial charge in [-0.05, 0) is 49.1 Å². The maximum atomic E-state index is 13.6. The summed E-state index contributed by atoms with van der Waals surface area (Å²) in [5, 5.41) is 24.1. The molecule has 4 aromatic rings. The summed E-state index contributed by atoms with van der Waals surface area (Å²) in [6, 6.07) is 21.7. The first-order chi connectivity index (χ1) is 18.4. The van der Waals surface area contributed by atoms with Crippen LogP contribution >= 0.6 is 0 Å². The molecule has 2 aliphatic rings. The van der Waals surface area contributed by atoms with E-state index in [0.717, 1.165) is 29.7 Å². The number of hydrogen-bond acceptors (Lipinski definition) is 7. The van der Waals surface area contributed by atoms with Crippen LogP contribution in [0.4, 0.5) is 21.7 Å². The van der Waals surface area contributed by atoms with Crippen LogP contribution in [0.3, 0.4) is 0 Å². The molecule has 2 aromatic carbocycles. The Morgan fingerprint density at radius 2 is 1.89 bits per heavy atom. The Morgan fingerprint density at radius 3 is 2.66 bits per heavy atom. The van der Waals surface area contributed by atoms with Gasteiger partial charge in [0.1, 0.15) is 11.4 Å². The maximum Gasteiger partial charge on any atom is 0.275 e. The van der Waals surface area contributed by atoms with Crippen LogP contribution in [0, 0.1) is 5.95 Å². The van der Waals surface area contributed by atoms with Crippen molar-refractivity contribution in [2.75, 3.05) is 17.7 Å². The van der Waals surface area contributed by atoms with Crippen LogP contribution in [0.5, 0.6) is 0 Å². The van der Waals surface area contributed by atoms with Gasteiger partial charge in [0.15, 0.2) is 11.5 Å². The minimum Gasteiger partial charge on any atom is -0.372 e. The smallest absolute Gasteiger partial charge is 0.275 e. The number of hydrazine groups is 1. The summed E-state index contributed by atoms with van der Waals surface area (Å²) in [6.45, 7) is 0.375. The standard InChI is InChI=1S/C28H28FN7O2/c1-35-27(37)24-25(32-22-10-6-16-28(22,38)34-35)33-36(26(24)30-20-7-3-2-4-8-20)17-18-12-14-19(15-13-18)21-9-5-11-23(29)31-21/h2-5,7-9,11-15,22,30,34,38H,6,10,16-17H2,1H3,(H,32,33)/t22-,28-/m0/s1. The van der Waals surface area contributed by atoms with Crippen molar-refractivity contribution in [1.29, 1.82) is 0 Å². The summed E-state index contributed by atoms with van der Waals surface area (Å²) in [4.78, 5) is 17.6. The molecule has 38 heavy (non-hydrogen) atoms. The van der Waals surface area contributed by atoms with Gasteiger partial charge in [0.25, 0.3) is 5.91 Å². The Hall–Kier alpha value is -4.28. The molecule has 9 nitrogen and oxygen atoms in total. The lowest BCUT2D eigenvalue weighted by molar-refractivity contribution is -0.0491. The van der Waals surface area contributed by atoms with Crippen molar-refractivity contribution in [1.82, 2.24) is 25.2 Å². The van der Waals surface area contributed by atoms with Gasteiger partial charge >= 0.3 is 0 Å². The first kappa shape index (κ1) is 24.1. The van der Waals surface area contributed by atoms with Gasteiger partial charge in [-0.25, -0.2) is 9.67 Å². The van der Waals surface area contributed by atoms with Gasteiger partial charge in [0.2, 0.25) is 5.95 Å². The largest absolute Gasteiger partial charge is 0.372 e. The van der Waals surface area contributed by atoms with Crippen molar-refractivity contribution in [3.63, 3.8) is 0 Å². The number of nitrogens with one attached hydrogen (secondary N) is 3. The van der Waals surface area contributed by atoms with Gasteiger partial charge in [-0.2, -0.15) is 14.9 Å². The number of halogens is 1. The molecule has 6 rings (SSSR count). The van der Waals surface area contributed by atoms with E-state index in [-0.39, 0.29) is 11.9 Å². The molecule has 194 valence electrons. The van der Waals surface area contributed by atoms with Crippen LogP contribution in [0.25, 0.3) is 11.3 Å². The van der Waals surface area contributed by atoms with Crippen LogP contribution in [0.15, 0.2) is 72.8 Å². The zero-order valence-electron chi connectivity index (χ0n) is 20.9. The lowest BCUT2D eigenvalue weighted by Crippen LogP contribution is -2.61. The highest BCUT2D eigenvalue weighted by Gasteiger charge is 2.46. The normalized spacial score (nSPS) is 20.8. The second-order valence-electron chi connectivity index (χ2n) is 9.75. The lowest BCUT2D eigenvalue weighted by Gasteiger charge is -2.37. The predicted molar refractivity (Wildman–Crippen MR) is 142 cm³/mol. The van der Waals surface area contributed by atoms with E-state index in [9.17, 15) is 14.3 Å². The Labute approximate surface area is 219 Å². The number of pyridine rings is 1. The maximum absolute atomic E-state index is 13.6. The fraction of sp³-hybridized carbons (Fsp3) is 0.250. The van der Waals surface area contributed by atoms with Crippen LogP contribution in [-0.4, -0.2) is 49.6 Å². The topological polar surface area (TPSA) is 107 Å². The number of carbonyl (C=O) groups is 1. The Bertz CT molecular complexity index is 1470. The molecule has 1 amide bonds. The highest BCUT2D eigenvalue weighted by molar-refractivity contribution is 6.04. The van der Waals surface area contributed by atoms with E-state index in [4.69, 9.17) is 5.10 Å². The van der Waals surface area contributed by atoms with Crippen LogP contribution in [0.2, 0.25) is 0 Å². The molecule has 1 saturated carbocycles. The molecule has 0 spiro atoms. The molecule has 1 fully saturated rings. The predicted octanol–water partition coefficient (Wildman–Crippen LogP) is 4.12. The van der Waals surface area contributed by atoms with Crippen molar-refractivity contribution < 1.29 is 14.3 Å². The molecule has 3 heterocycles. The number of aromatic nitrogens is 3. The highest BCUT2D eigenvalue weighted by atomic mass is 19.1.